The van der Waals surface area contributed by atoms with Crippen LogP contribution in [-0.2, 0) is 10.0 Å². The van der Waals surface area contributed by atoms with Crippen molar-refractivity contribution < 1.29 is 17.9 Å². The van der Waals surface area contributed by atoms with Gasteiger partial charge in [-0.3, -0.25) is 4.79 Å². The number of rotatable bonds is 7. The molecule has 0 aliphatic rings. The number of aryl methyl sites for hydroxylation is 2. The third kappa shape index (κ3) is 6.02. The van der Waals surface area contributed by atoms with Crippen LogP contribution in [0.15, 0.2) is 59.5 Å². The molecule has 1 amide bonds. The molecular formula is C22H24N4O4S. The van der Waals surface area contributed by atoms with Gasteiger partial charge in [0.05, 0.1) is 11.0 Å². The van der Waals surface area contributed by atoms with Crippen LogP contribution in [0.2, 0.25) is 0 Å². The Balaban J connectivity index is 1.71. The van der Waals surface area contributed by atoms with E-state index < -0.39 is 10.0 Å². The van der Waals surface area contributed by atoms with Crippen molar-refractivity contribution in [3.8, 4) is 5.75 Å². The molecule has 0 saturated heterocycles. The van der Waals surface area contributed by atoms with Gasteiger partial charge in [0.25, 0.3) is 15.9 Å². The van der Waals surface area contributed by atoms with Crippen LogP contribution in [-0.4, -0.2) is 30.4 Å². The molecule has 0 aliphatic carbocycles. The van der Waals surface area contributed by atoms with E-state index >= 15 is 0 Å². The van der Waals surface area contributed by atoms with E-state index in [0.29, 0.717) is 28.4 Å². The lowest BCUT2D eigenvalue weighted by Gasteiger charge is -2.11. The van der Waals surface area contributed by atoms with Crippen molar-refractivity contribution in [2.24, 2.45) is 0 Å². The molecule has 0 fully saturated rings. The van der Waals surface area contributed by atoms with Gasteiger partial charge in [-0.05, 0) is 76.2 Å². The van der Waals surface area contributed by atoms with E-state index in [1.54, 1.807) is 44.2 Å². The smallest absolute Gasteiger partial charge is 0.264 e. The summed E-state index contributed by atoms with van der Waals surface area (Å²) in [5.41, 5.74) is 2.21. The lowest BCUT2D eigenvalue weighted by atomic mass is 10.2. The zero-order chi connectivity index (χ0) is 22.6. The highest BCUT2D eigenvalue weighted by Crippen LogP contribution is 2.19. The molecule has 8 nitrogen and oxygen atoms in total. The molecule has 0 aliphatic heterocycles. The average Bonchev–Trinajstić information content (AvgIpc) is 2.67. The quantitative estimate of drug-likeness (QED) is 0.576. The Morgan fingerprint density at radius 2 is 1.61 bits per heavy atom. The van der Waals surface area contributed by atoms with Gasteiger partial charge in [-0.1, -0.05) is 6.07 Å². The molecule has 0 unspecified atom stereocenters. The first-order chi connectivity index (χ1) is 14.6. The molecule has 0 atom stereocenters. The molecule has 9 heteroatoms. The summed E-state index contributed by atoms with van der Waals surface area (Å²) in [5, 5.41) is 2.75. The predicted molar refractivity (Wildman–Crippen MR) is 119 cm³/mol. The zero-order valence-electron chi connectivity index (χ0n) is 17.7. The van der Waals surface area contributed by atoms with Gasteiger partial charge >= 0.3 is 0 Å². The number of amides is 1. The van der Waals surface area contributed by atoms with Gasteiger partial charge in [-0.15, -0.1) is 0 Å². The fraction of sp³-hybridized carbons (Fsp3) is 0.227. The number of aromatic nitrogens is 2. The monoisotopic (exact) mass is 440 g/mol. The number of benzene rings is 2. The van der Waals surface area contributed by atoms with E-state index in [2.05, 4.69) is 20.0 Å². The van der Waals surface area contributed by atoms with Crippen LogP contribution in [0.1, 0.15) is 35.6 Å². The number of hydrogen-bond donors (Lipinski definition) is 2. The van der Waals surface area contributed by atoms with E-state index in [9.17, 15) is 13.2 Å². The van der Waals surface area contributed by atoms with Gasteiger partial charge in [-0.25, -0.2) is 23.1 Å². The highest BCUT2D eigenvalue weighted by molar-refractivity contribution is 7.92. The number of nitrogens with zero attached hydrogens (tertiary/aromatic N) is 2. The largest absolute Gasteiger partial charge is 0.491 e. The van der Waals surface area contributed by atoms with E-state index in [4.69, 9.17) is 4.74 Å². The van der Waals surface area contributed by atoms with E-state index in [-0.39, 0.29) is 22.9 Å². The van der Waals surface area contributed by atoms with Crippen molar-refractivity contribution in [1.82, 2.24) is 9.97 Å². The first-order valence-corrected chi connectivity index (χ1v) is 11.1. The molecule has 0 radical (unpaired) electrons. The minimum Gasteiger partial charge on any atom is -0.491 e. The lowest BCUT2D eigenvalue weighted by molar-refractivity contribution is 0.102. The number of carbonyl (C=O) groups is 1. The molecule has 0 spiro atoms. The zero-order valence-corrected chi connectivity index (χ0v) is 18.5. The Morgan fingerprint density at radius 3 is 2.23 bits per heavy atom. The Kier molecular flexibility index (Phi) is 6.55. The van der Waals surface area contributed by atoms with Gasteiger partial charge in [-0.2, -0.15) is 0 Å². The molecule has 1 heterocycles. The fourth-order valence-electron chi connectivity index (χ4n) is 2.85. The maximum atomic E-state index is 12.6. The Hall–Kier alpha value is -3.46. The summed E-state index contributed by atoms with van der Waals surface area (Å²) in [4.78, 5) is 20.7. The maximum Gasteiger partial charge on any atom is 0.264 e. The van der Waals surface area contributed by atoms with Crippen molar-refractivity contribution in [3.05, 3.63) is 71.5 Å². The van der Waals surface area contributed by atoms with Crippen LogP contribution in [0.4, 0.5) is 11.6 Å². The Labute approximate surface area is 181 Å². The molecule has 1 aromatic heterocycles. The van der Waals surface area contributed by atoms with Crippen molar-refractivity contribution in [2.75, 3.05) is 10.0 Å². The summed E-state index contributed by atoms with van der Waals surface area (Å²) in [7, 11) is -3.87. The van der Waals surface area contributed by atoms with Gasteiger partial charge in [0.2, 0.25) is 5.95 Å². The lowest BCUT2D eigenvalue weighted by Crippen LogP contribution is -2.16. The topological polar surface area (TPSA) is 110 Å². The summed E-state index contributed by atoms with van der Waals surface area (Å²) in [6.45, 7) is 7.33. The number of hydrogen-bond acceptors (Lipinski definition) is 6. The van der Waals surface area contributed by atoms with Crippen molar-refractivity contribution >= 4 is 27.6 Å². The molecular weight excluding hydrogens is 416 g/mol. The van der Waals surface area contributed by atoms with Crippen molar-refractivity contribution in [3.63, 3.8) is 0 Å². The number of sulfonamides is 1. The summed E-state index contributed by atoms with van der Waals surface area (Å²) >= 11 is 0. The summed E-state index contributed by atoms with van der Waals surface area (Å²) in [6.07, 6.45) is -0.00414. The molecule has 0 bridgehead atoms. The summed E-state index contributed by atoms with van der Waals surface area (Å²) < 4.78 is 33.2. The fourth-order valence-corrected chi connectivity index (χ4v) is 3.80. The molecule has 2 N–H and O–H groups in total. The van der Waals surface area contributed by atoms with E-state index in [1.165, 1.54) is 24.3 Å². The average molecular weight is 441 g/mol. The van der Waals surface area contributed by atoms with Gasteiger partial charge in [0.15, 0.2) is 0 Å². The first kappa shape index (κ1) is 22.2. The van der Waals surface area contributed by atoms with E-state index in [0.717, 1.165) is 0 Å². The van der Waals surface area contributed by atoms with Crippen LogP contribution in [0, 0.1) is 13.8 Å². The molecule has 3 rings (SSSR count). The third-order valence-corrected chi connectivity index (χ3v) is 5.44. The molecule has 162 valence electrons. The van der Waals surface area contributed by atoms with Crippen LogP contribution in [0.5, 0.6) is 5.75 Å². The molecule has 31 heavy (non-hydrogen) atoms. The molecule has 2 aromatic carbocycles. The van der Waals surface area contributed by atoms with Crippen LogP contribution < -0.4 is 14.8 Å². The van der Waals surface area contributed by atoms with Crippen LogP contribution in [0.25, 0.3) is 0 Å². The normalized spacial score (nSPS) is 11.3. The number of carbonyl (C=O) groups excluding carboxylic acids is 1. The van der Waals surface area contributed by atoms with Crippen molar-refractivity contribution in [2.45, 2.75) is 38.7 Å². The van der Waals surface area contributed by atoms with Gasteiger partial charge in [0.1, 0.15) is 5.75 Å². The Morgan fingerprint density at radius 1 is 0.968 bits per heavy atom. The summed E-state index contributed by atoms with van der Waals surface area (Å²) in [5.74, 6) is 0.286. The third-order valence-electron chi connectivity index (χ3n) is 4.10. The van der Waals surface area contributed by atoms with Crippen molar-refractivity contribution in [1.29, 1.82) is 0 Å². The predicted octanol–water partition coefficient (Wildman–Crippen LogP) is 3.93. The second kappa shape index (κ2) is 9.13. The maximum absolute atomic E-state index is 12.6. The number of nitrogens with one attached hydrogen (secondary N) is 2. The highest BCUT2D eigenvalue weighted by Gasteiger charge is 2.16. The molecule has 0 saturated carbocycles. The number of anilines is 2. The SMILES string of the molecule is Cc1cc(C)nc(NS(=O)(=O)c2ccc(NC(=O)c3cccc(OC(C)C)c3)cc2)n1. The standard InChI is InChI=1S/C22H24N4O4S/c1-14(2)30-19-7-5-6-17(13-19)21(27)25-18-8-10-20(11-9-18)31(28,29)26-22-23-15(3)12-16(4)24-22/h5-14H,1-4H3,(H,25,27)(H,23,24,26). The van der Waals surface area contributed by atoms with Gasteiger partial charge < -0.3 is 10.1 Å². The summed E-state index contributed by atoms with van der Waals surface area (Å²) in [6, 6.07) is 14.4. The van der Waals surface area contributed by atoms with Crippen LogP contribution >= 0.6 is 0 Å². The highest BCUT2D eigenvalue weighted by atomic mass is 32.2. The first-order valence-electron chi connectivity index (χ1n) is 9.65. The Bertz CT molecular complexity index is 1170. The molecule has 3 aromatic rings. The second-order valence-electron chi connectivity index (χ2n) is 7.25. The minimum absolute atomic E-state index is 0.00414. The van der Waals surface area contributed by atoms with E-state index in [1.807, 2.05) is 13.8 Å². The van der Waals surface area contributed by atoms with Crippen LogP contribution in [0.3, 0.4) is 0 Å². The van der Waals surface area contributed by atoms with Gasteiger partial charge in [0, 0.05) is 22.6 Å². The number of ether oxygens (including phenoxy) is 1. The minimum atomic E-state index is -3.87. The second-order valence-corrected chi connectivity index (χ2v) is 8.94.